The molecule has 8 unspecified atom stereocenters. The molecule has 0 saturated heterocycles. The molecule has 0 aliphatic heterocycles. The summed E-state index contributed by atoms with van der Waals surface area (Å²) in [6.07, 6.45) is 88.1. The van der Waals surface area contributed by atoms with Gasteiger partial charge in [0.25, 0.3) is 0 Å². The molecule has 8 atom stereocenters. The minimum absolute atomic E-state index is 0.472. The Labute approximate surface area is 670 Å². The van der Waals surface area contributed by atoms with Crippen molar-refractivity contribution in [1.82, 2.24) is 19.6 Å². The Hall–Kier alpha value is -0.320. The van der Waals surface area contributed by atoms with Gasteiger partial charge in [-0.15, -0.1) is 0 Å². The zero-order chi connectivity index (χ0) is 74.8. The van der Waals surface area contributed by atoms with Gasteiger partial charge in [-0.25, -0.2) is 0 Å². The van der Waals surface area contributed by atoms with Crippen molar-refractivity contribution in [3.8, 4) is 0 Å². The lowest BCUT2D eigenvalue weighted by Gasteiger charge is -2.69. The van der Waals surface area contributed by atoms with Crippen LogP contribution >= 0.6 is 0 Å². The first-order chi connectivity index (χ1) is 53.1. The standard InChI is InChI=1S/C100H182N4O4/c1-9-13-17-21-25-29-69-105-87-57-49-83(50-58-87)101(79-41-33-75(5)34-42-79)95-73-96(102(80-43-35-76(6)36-44-80)84-51-59-88(60-52-84)106-70-30-26-22-18-14-10-2)92-67-68-94-98(104(82-47-39-78(8)40-48-82)86-55-63-90(64-56-86)108-72-32-28-24-20-16-12-4)74-97(93-66-65-91(95)99(92)100(93)94)103(81-45-37-77(7)38-46-81)85-53-61-89(62-54-85)107-71-31-27-23-19-15-11-3/h75-100H,9-74H2,1-8H3. The van der Waals surface area contributed by atoms with Gasteiger partial charge in [-0.1, -0.05) is 184 Å². The van der Waals surface area contributed by atoms with Crippen LogP contribution in [0.5, 0.6) is 0 Å². The van der Waals surface area contributed by atoms with Crippen molar-refractivity contribution in [3.63, 3.8) is 0 Å². The van der Waals surface area contributed by atoms with Crippen LogP contribution < -0.4 is 0 Å². The Morgan fingerprint density at radius 3 is 0.546 bits per heavy atom. The van der Waals surface area contributed by atoms with Crippen LogP contribution in [0.15, 0.2) is 0 Å². The third-order valence-electron chi connectivity index (χ3n) is 33.9. The number of rotatable bonds is 44. The first-order valence-electron chi connectivity index (χ1n) is 50.7. The summed E-state index contributed by atoms with van der Waals surface area (Å²) in [5.41, 5.74) is 0. The predicted molar refractivity (Wildman–Crippen MR) is 458 cm³/mol. The summed E-state index contributed by atoms with van der Waals surface area (Å²) in [4.78, 5) is 14.3. The second-order valence-electron chi connectivity index (χ2n) is 41.4. The van der Waals surface area contributed by atoms with E-state index in [0.29, 0.717) is 48.6 Å². The van der Waals surface area contributed by atoms with Gasteiger partial charge >= 0.3 is 0 Å². The van der Waals surface area contributed by atoms with E-state index in [0.717, 1.165) is 134 Å². The number of unbranched alkanes of at least 4 members (excludes halogenated alkanes) is 20. The Kier molecular flexibility index (Phi) is 37.6. The molecule has 8 heteroatoms. The molecule has 12 saturated carbocycles. The topological polar surface area (TPSA) is 49.9 Å². The van der Waals surface area contributed by atoms with Crippen LogP contribution in [-0.2, 0) is 18.9 Å². The van der Waals surface area contributed by atoms with E-state index in [1.165, 1.54) is 398 Å². The molecule has 0 aromatic heterocycles. The van der Waals surface area contributed by atoms with Crippen LogP contribution in [0.2, 0.25) is 0 Å². The van der Waals surface area contributed by atoms with Crippen LogP contribution in [0.1, 0.15) is 453 Å². The average molecular weight is 1500 g/mol. The van der Waals surface area contributed by atoms with E-state index in [2.05, 4.69) is 75.0 Å². The molecule has 108 heavy (non-hydrogen) atoms. The van der Waals surface area contributed by atoms with Crippen LogP contribution in [0, 0.1) is 59.2 Å². The number of hydrogen-bond donors (Lipinski definition) is 0. The zero-order valence-corrected chi connectivity index (χ0v) is 73.1. The van der Waals surface area contributed by atoms with Crippen molar-refractivity contribution >= 4 is 0 Å². The Morgan fingerprint density at radius 1 is 0.194 bits per heavy atom. The van der Waals surface area contributed by atoms with Gasteiger partial charge in [-0.2, -0.15) is 0 Å². The first-order valence-corrected chi connectivity index (χ1v) is 50.7. The van der Waals surface area contributed by atoms with E-state index in [9.17, 15) is 0 Å². The quantitative estimate of drug-likeness (QED) is 0.0560. The van der Waals surface area contributed by atoms with Gasteiger partial charge in [0.2, 0.25) is 0 Å². The summed E-state index contributed by atoms with van der Waals surface area (Å²) in [7, 11) is 0. The molecule has 0 spiro atoms. The normalized spacial score (nSPS) is 39.2. The lowest BCUT2D eigenvalue weighted by molar-refractivity contribution is -0.198. The van der Waals surface area contributed by atoms with Crippen molar-refractivity contribution in [1.29, 1.82) is 0 Å². The maximum absolute atomic E-state index is 7.01. The van der Waals surface area contributed by atoms with Crippen molar-refractivity contribution < 1.29 is 18.9 Å². The Morgan fingerprint density at radius 2 is 0.361 bits per heavy atom. The van der Waals surface area contributed by atoms with Crippen LogP contribution in [0.25, 0.3) is 0 Å². The van der Waals surface area contributed by atoms with E-state index in [1.807, 2.05) is 0 Å². The Bertz CT molecular complexity index is 2010. The highest BCUT2D eigenvalue weighted by atomic mass is 16.5. The molecule has 0 bridgehead atoms. The third-order valence-corrected chi connectivity index (χ3v) is 33.9. The SMILES string of the molecule is CCCCCCCCOC1CCC(N(C2CCC(C)CC2)C2CC(N(C3CCC(C)CC3)C3CCC(OCCCCCCCC)CC3)C3CCC4C5C(CCC2C35)C(N(C2CCC(C)CC2)C2CCC(OCCCCCCCC)CC2)CC4N(C2CCC(C)CC2)C2CCC(OCCCCCCCC)CC2)CC1. The average Bonchev–Trinajstić information content (AvgIpc) is 0.700. The summed E-state index contributed by atoms with van der Waals surface area (Å²) < 4.78 is 28.0. The summed E-state index contributed by atoms with van der Waals surface area (Å²) in [6.45, 7) is 23.9. The molecule has 0 heterocycles. The summed E-state index contributed by atoms with van der Waals surface area (Å²) in [5, 5.41) is 0. The van der Waals surface area contributed by atoms with E-state index in [-0.39, 0.29) is 0 Å². The lowest BCUT2D eigenvalue weighted by atomic mass is 9.44. The van der Waals surface area contributed by atoms with Gasteiger partial charge in [-0.3, -0.25) is 19.6 Å². The fourth-order valence-electron chi connectivity index (χ4n) is 27.8. The maximum Gasteiger partial charge on any atom is 0.0576 e. The number of nitrogens with zero attached hydrogens (tertiary/aromatic N) is 4. The van der Waals surface area contributed by atoms with Gasteiger partial charge in [0.15, 0.2) is 0 Å². The number of ether oxygens (including phenoxy) is 4. The largest absolute Gasteiger partial charge is 0.378 e. The highest BCUT2D eigenvalue weighted by Gasteiger charge is 2.65. The van der Waals surface area contributed by atoms with E-state index in [4.69, 9.17) is 18.9 Å². The molecule has 0 amide bonds. The molecule has 8 nitrogen and oxygen atoms in total. The first kappa shape index (κ1) is 87.0. The molecule has 0 N–H and O–H groups in total. The van der Waals surface area contributed by atoms with E-state index < -0.39 is 0 Å². The number of hydrogen-bond acceptors (Lipinski definition) is 8. The molecule has 0 aromatic carbocycles. The van der Waals surface area contributed by atoms with Gasteiger partial charge in [0, 0.05) is 98.9 Å². The molecule has 0 radical (unpaired) electrons. The summed E-state index contributed by atoms with van der Waals surface area (Å²) in [5.74, 6) is 8.54. The fraction of sp³-hybridized carbons (Fsp3) is 1.00. The maximum atomic E-state index is 7.01. The van der Waals surface area contributed by atoms with Crippen LogP contribution in [0.3, 0.4) is 0 Å². The molecular formula is C100H182N4O4. The molecule has 626 valence electrons. The van der Waals surface area contributed by atoms with Crippen LogP contribution in [-0.4, -0.2) is 143 Å². The second kappa shape index (κ2) is 46.7. The monoisotopic (exact) mass is 1500 g/mol. The van der Waals surface area contributed by atoms with E-state index >= 15 is 0 Å². The van der Waals surface area contributed by atoms with Crippen molar-refractivity contribution in [2.45, 2.75) is 550 Å². The third kappa shape index (κ3) is 24.4. The highest BCUT2D eigenvalue weighted by molar-refractivity contribution is 5.17. The fourth-order valence-corrected chi connectivity index (χ4v) is 27.8. The van der Waals surface area contributed by atoms with Gasteiger partial charge in [0.05, 0.1) is 24.4 Å². The smallest absolute Gasteiger partial charge is 0.0576 e. The second-order valence-corrected chi connectivity index (χ2v) is 41.4. The minimum atomic E-state index is 0.472. The van der Waals surface area contributed by atoms with Crippen molar-refractivity contribution in [3.05, 3.63) is 0 Å². The summed E-state index contributed by atoms with van der Waals surface area (Å²) in [6, 6.07) is 8.74. The van der Waals surface area contributed by atoms with Gasteiger partial charge < -0.3 is 18.9 Å². The summed E-state index contributed by atoms with van der Waals surface area (Å²) >= 11 is 0. The van der Waals surface area contributed by atoms with Crippen molar-refractivity contribution in [2.24, 2.45) is 59.2 Å². The van der Waals surface area contributed by atoms with Gasteiger partial charge in [0.1, 0.15) is 0 Å². The van der Waals surface area contributed by atoms with Crippen molar-refractivity contribution in [2.75, 3.05) is 26.4 Å². The lowest BCUT2D eigenvalue weighted by Crippen LogP contribution is -2.72. The van der Waals surface area contributed by atoms with E-state index in [1.54, 1.807) is 0 Å². The molecule has 12 aliphatic carbocycles. The highest BCUT2D eigenvalue weighted by Crippen LogP contribution is 2.65. The molecule has 12 rings (SSSR count). The van der Waals surface area contributed by atoms with Gasteiger partial charge in [-0.05, 0) is 329 Å². The predicted octanol–water partition coefficient (Wildman–Crippen LogP) is 26.8. The van der Waals surface area contributed by atoms with Crippen LogP contribution in [0.4, 0.5) is 0 Å². The molecule has 0 aromatic rings. The minimum Gasteiger partial charge on any atom is -0.378 e. The molecule has 12 aliphatic rings. The zero-order valence-electron chi connectivity index (χ0n) is 73.1. The Balaban J connectivity index is 0.914. The molecular weight excluding hydrogens is 1320 g/mol. The molecule has 12 fully saturated rings.